The number of nitrogens with zero attached hydrogens (tertiary/aromatic N) is 3. The topological polar surface area (TPSA) is 63.0 Å². The van der Waals surface area contributed by atoms with Crippen molar-refractivity contribution < 1.29 is 5.11 Å². The minimum absolute atomic E-state index is 0.223. The number of hydrogen-bond donors (Lipinski definition) is 2. The molecule has 0 bridgehead atoms. The first-order chi connectivity index (χ1) is 10.7. The molecule has 6 heteroatoms. The lowest BCUT2D eigenvalue weighted by atomic mass is 10.2. The molecule has 0 fully saturated rings. The molecule has 0 aromatic carbocycles. The maximum absolute atomic E-state index is 8.83. The van der Waals surface area contributed by atoms with Crippen LogP contribution in [-0.4, -0.2) is 32.2 Å². The summed E-state index contributed by atoms with van der Waals surface area (Å²) in [5, 5.41) is 16.8. The molecule has 0 aliphatic heterocycles. The highest BCUT2D eigenvalue weighted by atomic mass is 32.2. The molecule has 2 aromatic heterocycles. The summed E-state index contributed by atoms with van der Waals surface area (Å²) >= 11 is 1.72. The van der Waals surface area contributed by atoms with Gasteiger partial charge in [0.15, 0.2) is 0 Å². The SMILES string of the molecule is CCn1nc(C)c(CNc2cc(CSCCO)ccn2)c1C. The second kappa shape index (κ2) is 8.19. The molecule has 5 nitrogen and oxygen atoms in total. The molecular weight excluding hydrogens is 296 g/mol. The second-order valence-corrected chi connectivity index (χ2v) is 6.25. The van der Waals surface area contributed by atoms with Gasteiger partial charge in [0.05, 0.1) is 12.3 Å². The Morgan fingerprint density at radius 2 is 2.18 bits per heavy atom. The zero-order valence-corrected chi connectivity index (χ0v) is 14.3. The molecule has 2 aromatic rings. The van der Waals surface area contributed by atoms with E-state index in [-0.39, 0.29) is 6.61 Å². The average molecular weight is 320 g/mol. The quantitative estimate of drug-likeness (QED) is 0.732. The monoisotopic (exact) mass is 320 g/mol. The number of aliphatic hydroxyl groups is 1. The lowest BCUT2D eigenvalue weighted by molar-refractivity contribution is 0.322. The van der Waals surface area contributed by atoms with Crippen LogP contribution in [0.3, 0.4) is 0 Å². The van der Waals surface area contributed by atoms with Gasteiger partial charge in [0.25, 0.3) is 0 Å². The van der Waals surface area contributed by atoms with Gasteiger partial charge in [-0.25, -0.2) is 4.98 Å². The van der Waals surface area contributed by atoms with E-state index in [0.717, 1.165) is 36.1 Å². The van der Waals surface area contributed by atoms with Crippen molar-refractivity contribution in [1.82, 2.24) is 14.8 Å². The van der Waals surface area contributed by atoms with Crippen LogP contribution in [0.2, 0.25) is 0 Å². The summed E-state index contributed by atoms with van der Waals surface area (Å²) in [7, 11) is 0. The van der Waals surface area contributed by atoms with Crippen molar-refractivity contribution in [3.63, 3.8) is 0 Å². The van der Waals surface area contributed by atoms with Crippen LogP contribution in [0.5, 0.6) is 0 Å². The van der Waals surface area contributed by atoms with E-state index < -0.39 is 0 Å². The highest BCUT2D eigenvalue weighted by Gasteiger charge is 2.10. The largest absolute Gasteiger partial charge is 0.396 e. The van der Waals surface area contributed by atoms with Crippen LogP contribution in [-0.2, 0) is 18.8 Å². The fraction of sp³-hybridized carbons (Fsp3) is 0.500. The Hall–Kier alpha value is -1.53. The maximum atomic E-state index is 8.83. The van der Waals surface area contributed by atoms with E-state index in [1.54, 1.807) is 11.8 Å². The number of hydrogen-bond acceptors (Lipinski definition) is 5. The van der Waals surface area contributed by atoms with Gasteiger partial charge in [-0.15, -0.1) is 0 Å². The summed E-state index contributed by atoms with van der Waals surface area (Å²) in [6, 6.07) is 4.08. The molecule has 22 heavy (non-hydrogen) atoms. The van der Waals surface area contributed by atoms with Crippen LogP contribution < -0.4 is 5.32 Å². The van der Waals surface area contributed by atoms with Crippen LogP contribution >= 0.6 is 11.8 Å². The third-order valence-corrected chi connectivity index (χ3v) is 4.61. The number of aliphatic hydroxyl groups excluding tert-OH is 1. The predicted molar refractivity (Wildman–Crippen MR) is 92.2 cm³/mol. The Bertz CT molecular complexity index is 612. The van der Waals surface area contributed by atoms with E-state index in [4.69, 9.17) is 5.11 Å². The van der Waals surface area contributed by atoms with E-state index >= 15 is 0 Å². The van der Waals surface area contributed by atoms with Crippen LogP contribution in [0, 0.1) is 13.8 Å². The van der Waals surface area contributed by atoms with E-state index in [2.05, 4.69) is 35.3 Å². The van der Waals surface area contributed by atoms with E-state index in [1.807, 2.05) is 23.9 Å². The third kappa shape index (κ3) is 4.24. The highest BCUT2D eigenvalue weighted by molar-refractivity contribution is 7.98. The van der Waals surface area contributed by atoms with Gasteiger partial charge in [0.1, 0.15) is 5.82 Å². The van der Waals surface area contributed by atoms with E-state index in [0.29, 0.717) is 0 Å². The van der Waals surface area contributed by atoms with Crippen LogP contribution in [0.4, 0.5) is 5.82 Å². The summed E-state index contributed by atoms with van der Waals surface area (Å²) in [6.45, 7) is 8.11. The average Bonchev–Trinajstić information content (AvgIpc) is 2.80. The lowest BCUT2D eigenvalue weighted by Gasteiger charge is -2.08. The Kier molecular flexibility index (Phi) is 6.27. The Balaban J connectivity index is 1.99. The van der Waals surface area contributed by atoms with Gasteiger partial charge in [-0.2, -0.15) is 16.9 Å². The van der Waals surface area contributed by atoms with E-state index in [1.165, 1.54) is 16.8 Å². The molecule has 0 aliphatic rings. The summed E-state index contributed by atoms with van der Waals surface area (Å²) in [6.07, 6.45) is 1.83. The van der Waals surface area contributed by atoms with Crippen molar-refractivity contribution in [2.75, 3.05) is 17.7 Å². The zero-order valence-electron chi connectivity index (χ0n) is 13.5. The van der Waals surface area contributed by atoms with Gasteiger partial charge in [-0.1, -0.05) is 0 Å². The molecule has 0 radical (unpaired) electrons. The second-order valence-electron chi connectivity index (χ2n) is 5.14. The first-order valence-corrected chi connectivity index (χ1v) is 8.71. The summed E-state index contributed by atoms with van der Waals surface area (Å²) in [4.78, 5) is 4.37. The first-order valence-electron chi connectivity index (χ1n) is 7.56. The van der Waals surface area contributed by atoms with Gasteiger partial charge < -0.3 is 10.4 Å². The molecule has 0 spiro atoms. The fourth-order valence-electron chi connectivity index (χ4n) is 2.39. The Morgan fingerprint density at radius 3 is 2.86 bits per heavy atom. The molecule has 120 valence electrons. The van der Waals surface area contributed by atoms with Gasteiger partial charge in [-0.05, 0) is 38.5 Å². The van der Waals surface area contributed by atoms with Gasteiger partial charge >= 0.3 is 0 Å². The normalized spacial score (nSPS) is 10.9. The number of aryl methyl sites for hydroxylation is 2. The van der Waals surface area contributed by atoms with Crippen molar-refractivity contribution in [3.8, 4) is 0 Å². The molecule has 0 saturated heterocycles. The molecule has 2 rings (SSSR count). The standard InChI is InChI=1S/C16H24N4OS/c1-4-20-13(3)15(12(2)19-20)10-18-16-9-14(5-6-17-16)11-22-8-7-21/h5-6,9,21H,4,7-8,10-11H2,1-3H3,(H,17,18). The van der Waals surface area contributed by atoms with Crippen LogP contribution in [0.1, 0.15) is 29.4 Å². The van der Waals surface area contributed by atoms with E-state index in [9.17, 15) is 0 Å². The number of aromatic nitrogens is 3. The van der Waals surface area contributed by atoms with Gasteiger partial charge in [-0.3, -0.25) is 4.68 Å². The molecule has 0 unspecified atom stereocenters. The van der Waals surface area contributed by atoms with Gasteiger partial charge in [0.2, 0.25) is 0 Å². The zero-order chi connectivity index (χ0) is 15.9. The van der Waals surface area contributed by atoms with Crippen molar-refractivity contribution in [1.29, 1.82) is 0 Å². The minimum Gasteiger partial charge on any atom is -0.396 e. The molecule has 0 saturated carbocycles. The predicted octanol–water partition coefficient (Wildman–Crippen LogP) is 2.75. The maximum Gasteiger partial charge on any atom is 0.126 e. The molecule has 2 N–H and O–H groups in total. The summed E-state index contributed by atoms with van der Waals surface area (Å²) in [5.74, 6) is 2.54. The fourth-order valence-corrected chi connectivity index (χ4v) is 3.08. The van der Waals surface area contributed by atoms with Gasteiger partial charge in [0, 0.05) is 42.0 Å². The Morgan fingerprint density at radius 1 is 1.36 bits per heavy atom. The van der Waals surface area contributed by atoms with Crippen molar-refractivity contribution in [3.05, 3.63) is 40.8 Å². The van der Waals surface area contributed by atoms with Crippen LogP contribution in [0.25, 0.3) is 0 Å². The highest BCUT2D eigenvalue weighted by Crippen LogP contribution is 2.17. The van der Waals surface area contributed by atoms with Crippen molar-refractivity contribution >= 4 is 17.6 Å². The number of thioether (sulfide) groups is 1. The van der Waals surface area contributed by atoms with Crippen molar-refractivity contribution in [2.24, 2.45) is 0 Å². The molecule has 0 atom stereocenters. The van der Waals surface area contributed by atoms with Crippen molar-refractivity contribution in [2.45, 2.75) is 39.6 Å². The molecule has 0 amide bonds. The number of nitrogens with one attached hydrogen (secondary N) is 1. The molecule has 0 aliphatic carbocycles. The molecular formula is C16H24N4OS. The number of pyridine rings is 1. The smallest absolute Gasteiger partial charge is 0.126 e. The lowest BCUT2D eigenvalue weighted by Crippen LogP contribution is -2.05. The minimum atomic E-state index is 0.223. The number of anilines is 1. The molecule has 2 heterocycles. The number of rotatable bonds is 8. The Labute approximate surface area is 136 Å². The summed E-state index contributed by atoms with van der Waals surface area (Å²) < 4.78 is 2.03. The first kappa shape index (κ1) is 16.8. The summed E-state index contributed by atoms with van der Waals surface area (Å²) in [5.41, 5.74) is 4.74. The van der Waals surface area contributed by atoms with Crippen LogP contribution in [0.15, 0.2) is 18.3 Å². The third-order valence-electron chi connectivity index (χ3n) is 3.61.